The summed E-state index contributed by atoms with van der Waals surface area (Å²) in [6, 6.07) is 15.9. The Balaban J connectivity index is 2.10. The van der Waals surface area contributed by atoms with Crippen LogP contribution in [0.25, 0.3) is 10.8 Å². The SMILES string of the molecule is CC[C@@H]1CCN[C@H]1c1cccc2ccccc12. The molecule has 0 saturated carbocycles. The monoisotopic (exact) mass is 225 g/mol. The Hall–Kier alpha value is -1.34. The minimum absolute atomic E-state index is 0.547. The molecule has 1 N–H and O–H groups in total. The van der Waals surface area contributed by atoms with Gasteiger partial charge in [0.05, 0.1) is 0 Å². The molecule has 0 bridgehead atoms. The van der Waals surface area contributed by atoms with Crippen LogP contribution in [-0.4, -0.2) is 6.54 Å². The number of hydrogen-bond acceptors (Lipinski definition) is 1. The highest BCUT2D eigenvalue weighted by molar-refractivity contribution is 5.86. The normalized spacial score (nSPS) is 24.3. The van der Waals surface area contributed by atoms with Gasteiger partial charge in [-0.3, -0.25) is 0 Å². The van der Waals surface area contributed by atoms with Gasteiger partial charge >= 0.3 is 0 Å². The molecule has 1 nitrogen and oxygen atoms in total. The van der Waals surface area contributed by atoms with E-state index in [9.17, 15) is 0 Å². The van der Waals surface area contributed by atoms with Gasteiger partial charge in [0.1, 0.15) is 0 Å². The van der Waals surface area contributed by atoms with Crippen LogP contribution in [0.3, 0.4) is 0 Å². The molecule has 0 amide bonds. The third kappa shape index (κ3) is 1.85. The minimum atomic E-state index is 0.547. The summed E-state index contributed by atoms with van der Waals surface area (Å²) in [6.45, 7) is 3.46. The van der Waals surface area contributed by atoms with Crippen molar-refractivity contribution < 1.29 is 0 Å². The maximum atomic E-state index is 3.67. The van der Waals surface area contributed by atoms with Crippen LogP contribution in [0.1, 0.15) is 31.4 Å². The first-order valence-corrected chi connectivity index (χ1v) is 6.61. The van der Waals surface area contributed by atoms with E-state index in [2.05, 4.69) is 54.7 Å². The van der Waals surface area contributed by atoms with E-state index >= 15 is 0 Å². The second-order valence-corrected chi connectivity index (χ2v) is 4.96. The summed E-state index contributed by atoms with van der Waals surface area (Å²) in [5, 5.41) is 6.43. The van der Waals surface area contributed by atoms with Gasteiger partial charge in [-0.25, -0.2) is 0 Å². The van der Waals surface area contributed by atoms with E-state index in [1.54, 1.807) is 0 Å². The van der Waals surface area contributed by atoms with Crippen molar-refractivity contribution in [3.05, 3.63) is 48.0 Å². The Morgan fingerprint density at radius 1 is 1.12 bits per heavy atom. The highest BCUT2D eigenvalue weighted by atomic mass is 14.9. The lowest BCUT2D eigenvalue weighted by atomic mass is 9.89. The minimum Gasteiger partial charge on any atom is -0.310 e. The van der Waals surface area contributed by atoms with E-state index in [0.29, 0.717) is 6.04 Å². The summed E-state index contributed by atoms with van der Waals surface area (Å²) in [7, 11) is 0. The van der Waals surface area contributed by atoms with E-state index in [0.717, 1.165) is 12.5 Å². The summed E-state index contributed by atoms with van der Waals surface area (Å²) in [5.41, 5.74) is 1.48. The lowest BCUT2D eigenvalue weighted by Gasteiger charge is -2.20. The van der Waals surface area contributed by atoms with E-state index in [1.165, 1.54) is 29.2 Å². The lowest BCUT2D eigenvalue weighted by molar-refractivity contribution is 0.452. The Bertz CT molecular complexity index is 512. The molecule has 88 valence electrons. The molecule has 2 atom stereocenters. The number of fused-ring (bicyclic) bond motifs is 1. The van der Waals surface area contributed by atoms with Crippen molar-refractivity contribution in [3.8, 4) is 0 Å². The highest BCUT2D eigenvalue weighted by Gasteiger charge is 2.27. The van der Waals surface area contributed by atoms with Crippen LogP contribution in [0.5, 0.6) is 0 Å². The average Bonchev–Trinajstić information content (AvgIpc) is 2.86. The number of rotatable bonds is 2. The van der Waals surface area contributed by atoms with Crippen molar-refractivity contribution in [1.29, 1.82) is 0 Å². The lowest BCUT2D eigenvalue weighted by Crippen LogP contribution is -2.17. The first kappa shape index (κ1) is 10.8. The number of nitrogens with one attached hydrogen (secondary N) is 1. The van der Waals surface area contributed by atoms with Crippen molar-refractivity contribution in [3.63, 3.8) is 0 Å². The van der Waals surface area contributed by atoms with Gasteiger partial charge in [0.2, 0.25) is 0 Å². The predicted octanol–water partition coefficient (Wildman–Crippen LogP) is 3.90. The molecule has 1 heteroatoms. The molecule has 1 aliphatic rings. The number of hydrogen-bond donors (Lipinski definition) is 1. The third-order valence-electron chi connectivity index (χ3n) is 4.03. The van der Waals surface area contributed by atoms with Gasteiger partial charge < -0.3 is 5.32 Å². The summed E-state index contributed by atoms with van der Waals surface area (Å²) in [6.07, 6.45) is 2.57. The van der Waals surface area contributed by atoms with E-state index in [-0.39, 0.29) is 0 Å². The van der Waals surface area contributed by atoms with Gasteiger partial charge in [-0.15, -0.1) is 0 Å². The second kappa shape index (κ2) is 4.50. The van der Waals surface area contributed by atoms with Gasteiger partial charge in [-0.05, 0) is 35.2 Å². The third-order valence-corrected chi connectivity index (χ3v) is 4.03. The van der Waals surface area contributed by atoms with E-state index < -0.39 is 0 Å². The van der Waals surface area contributed by atoms with Crippen LogP contribution >= 0.6 is 0 Å². The Morgan fingerprint density at radius 2 is 1.94 bits per heavy atom. The molecule has 2 aromatic rings. The van der Waals surface area contributed by atoms with Crippen molar-refractivity contribution >= 4 is 10.8 Å². The quantitative estimate of drug-likeness (QED) is 0.817. The first-order valence-electron chi connectivity index (χ1n) is 6.61. The van der Waals surface area contributed by atoms with Crippen molar-refractivity contribution in [1.82, 2.24) is 5.32 Å². The molecular formula is C16H19N. The van der Waals surface area contributed by atoms with Crippen LogP contribution in [0, 0.1) is 5.92 Å². The predicted molar refractivity (Wildman–Crippen MR) is 73.1 cm³/mol. The second-order valence-electron chi connectivity index (χ2n) is 4.96. The summed E-state index contributed by atoms with van der Waals surface area (Å²) in [4.78, 5) is 0. The fourth-order valence-corrected chi connectivity index (χ4v) is 3.08. The highest BCUT2D eigenvalue weighted by Crippen LogP contribution is 2.35. The molecule has 1 heterocycles. The zero-order valence-electron chi connectivity index (χ0n) is 10.3. The van der Waals surface area contributed by atoms with Crippen LogP contribution < -0.4 is 5.32 Å². The zero-order chi connectivity index (χ0) is 11.7. The van der Waals surface area contributed by atoms with Crippen molar-refractivity contribution in [2.45, 2.75) is 25.8 Å². The van der Waals surface area contributed by atoms with Gasteiger partial charge in [0, 0.05) is 6.04 Å². The molecule has 0 spiro atoms. The molecule has 0 aromatic heterocycles. The van der Waals surface area contributed by atoms with E-state index in [1.807, 2.05) is 0 Å². The molecule has 1 saturated heterocycles. The van der Waals surface area contributed by atoms with Crippen molar-refractivity contribution in [2.75, 3.05) is 6.54 Å². The summed E-state index contributed by atoms with van der Waals surface area (Å²) >= 11 is 0. The van der Waals surface area contributed by atoms with Gasteiger partial charge in [0.15, 0.2) is 0 Å². The summed E-state index contributed by atoms with van der Waals surface area (Å²) in [5.74, 6) is 0.792. The number of benzene rings is 2. The maximum absolute atomic E-state index is 3.67. The summed E-state index contributed by atoms with van der Waals surface area (Å²) < 4.78 is 0. The van der Waals surface area contributed by atoms with Crippen LogP contribution in [0.4, 0.5) is 0 Å². The smallest absolute Gasteiger partial charge is 0.0355 e. The molecule has 0 radical (unpaired) electrons. The zero-order valence-corrected chi connectivity index (χ0v) is 10.3. The van der Waals surface area contributed by atoms with E-state index in [4.69, 9.17) is 0 Å². The molecule has 17 heavy (non-hydrogen) atoms. The molecule has 1 aliphatic heterocycles. The topological polar surface area (TPSA) is 12.0 Å². The van der Waals surface area contributed by atoms with Crippen LogP contribution in [0.15, 0.2) is 42.5 Å². The largest absolute Gasteiger partial charge is 0.310 e. The van der Waals surface area contributed by atoms with Gasteiger partial charge in [-0.2, -0.15) is 0 Å². The van der Waals surface area contributed by atoms with Gasteiger partial charge in [0.25, 0.3) is 0 Å². The Kier molecular flexibility index (Phi) is 2.86. The standard InChI is InChI=1S/C16H19N/c1-2-12-10-11-17-16(12)15-9-5-7-13-6-3-4-8-14(13)15/h3-9,12,16-17H,2,10-11H2,1H3/t12-,16-/m1/s1. The molecular weight excluding hydrogens is 206 g/mol. The molecule has 2 aromatic carbocycles. The van der Waals surface area contributed by atoms with Crippen molar-refractivity contribution in [2.24, 2.45) is 5.92 Å². The van der Waals surface area contributed by atoms with Crippen LogP contribution in [-0.2, 0) is 0 Å². The Morgan fingerprint density at radius 3 is 2.82 bits per heavy atom. The fraction of sp³-hybridized carbons (Fsp3) is 0.375. The average molecular weight is 225 g/mol. The van der Waals surface area contributed by atoms with Gasteiger partial charge in [-0.1, -0.05) is 55.8 Å². The van der Waals surface area contributed by atoms with Crippen LogP contribution in [0.2, 0.25) is 0 Å². The fourth-order valence-electron chi connectivity index (χ4n) is 3.08. The Labute approximate surface area is 103 Å². The molecule has 0 unspecified atom stereocenters. The molecule has 1 fully saturated rings. The molecule has 0 aliphatic carbocycles. The first-order chi connectivity index (χ1) is 8.40. The molecule has 3 rings (SSSR count). The maximum Gasteiger partial charge on any atom is 0.0355 e.